The van der Waals surface area contributed by atoms with Crippen LogP contribution in [0.25, 0.3) is 6.08 Å². The maximum Gasteiger partial charge on any atom is 0.309 e. The maximum atomic E-state index is 11.0. The summed E-state index contributed by atoms with van der Waals surface area (Å²) in [6.07, 6.45) is 3.40. The van der Waals surface area contributed by atoms with Gasteiger partial charge < -0.3 is 4.74 Å². The molecule has 0 aliphatic rings. The van der Waals surface area contributed by atoms with E-state index in [1.54, 1.807) is 6.08 Å². The van der Waals surface area contributed by atoms with Crippen LogP contribution >= 0.6 is 0 Å². The maximum absolute atomic E-state index is 11.0. The predicted octanol–water partition coefficient (Wildman–Crippen LogP) is 1.94. The quantitative estimate of drug-likeness (QED) is 0.554. The first kappa shape index (κ1) is 11.0. The van der Waals surface area contributed by atoms with Crippen LogP contribution in [0.5, 0.6) is 0 Å². The molecule has 0 heterocycles. The number of carbonyl (C=O) groups is 1. The number of hydrogen-bond donors (Lipinski definition) is 0. The Labute approximate surface area is 88.6 Å². The Morgan fingerprint density at radius 1 is 1.47 bits per heavy atom. The van der Waals surface area contributed by atoms with Gasteiger partial charge in [-0.2, -0.15) is 5.26 Å². The molecule has 0 saturated heterocycles. The van der Waals surface area contributed by atoms with Crippen molar-refractivity contribution in [3.63, 3.8) is 0 Å². The molecule has 0 saturated carbocycles. The topological polar surface area (TPSA) is 50.1 Å². The number of carbonyl (C=O) groups excluding carboxylic acids is 1. The van der Waals surface area contributed by atoms with E-state index in [-0.39, 0.29) is 12.4 Å². The van der Waals surface area contributed by atoms with Gasteiger partial charge >= 0.3 is 5.97 Å². The molecule has 76 valence electrons. The summed E-state index contributed by atoms with van der Waals surface area (Å²) in [7, 11) is 1.37. The van der Waals surface area contributed by atoms with Crippen LogP contribution in [0, 0.1) is 11.3 Å². The lowest BCUT2D eigenvalue weighted by molar-refractivity contribution is -0.139. The molecule has 0 N–H and O–H groups in total. The first-order valence-electron chi connectivity index (χ1n) is 4.48. The molecule has 0 amide bonds. The number of ether oxygens (including phenoxy) is 1. The van der Waals surface area contributed by atoms with Crippen LogP contribution in [0.1, 0.15) is 11.1 Å². The molecule has 0 unspecified atom stereocenters. The molecule has 0 spiro atoms. The zero-order valence-electron chi connectivity index (χ0n) is 8.43. The highest BCUT2D eigenvalue weighted by molar-refractivity contribution is 5.72. The molecule has 0 radical (unpaired) electrons. The fourth-order valence-electron chi connectivity index (χ4n) is 1.12. The van der Waals surface area contributed by atoms with Gasteiger partial charge in [-0.15, -0.1) is 0 Å². The van der Waals surface area contributed by atoms with Crippen LogP contribution in [0.3, 0.4) is 0 Å². The van der Waals surface area contributed by atoms with E-state index in [9.17, 15) is 4.79 Å². The molecule has 3 heteroatoms. The summed E-state index contributed by atoms with van der Waals surface area (Å²) in [5.74, 6) is -0.254. The van der Waals surface area contributed by atoms with E-state index in [0.717, 1.165) is 11.1 Å². The van der Waals surface area contributed by atoms with Crippen molar-refractivity contribution in [2.24, 2.45) is 0 Å². The fraction of sp³-hybridized carbons (Fsp3) is 0.167. The van der Waals surface area contributed by atoms with Crippen LogP contribution in [0.4, 0.5) is 0 Å². The van der Waals surface area contributed by atoms with Crippen LogP contribution in [0.15, 0.2) is 30.3 Å². The van der Waals surface area contributed by atoms with Gasteiger partial charge in [0, 0.05) is 6.08 Å². The second-order valence-electron chi connectivity index (χ2n) is 2.96. The number of benzene rings is 1. The highest BCUT2D eigenvalue weighted by Crippen LogP contribution is 2.07. The van der Waals surface area contributed by atoms with E-state index in [1.165, 1.54) is 13.2 Å². The summed E-state index contributed by atoms with van der Waals surface area (Å²) in [4.78, 5) is 11.0. The van der Waals surface area contributed by atoms with E-state index in [0.29, 0.717) is 0 Å². The van der Waals surface area contributed by atoms with E-state index in [1.807, 2.05) is 30.3 Å². The third kappa shape index (κ3) is 3.65. The summed E-state index contributed by atoms with van der Waals surface area (Å²) in [6, 6.07) is 9.31. The lowest BCUT2D eigenvalue weighted by Crippen LogP contribution is -2.03. The van der Waals surface area contributed by atoms with Crippen molar-refractivity contribution in [1.82, 2.24) is 0 Å². The molecule has 0 atom stereocenters. The minimum atomic E-state index is -0.254. The van der Waals surface area contributed by atoms with Crippen LogP contribution < -0.4 is 0 Å². The van der Waals surface area contributed by atoms with Crippen LogP contribution in [-0.2, 0) is 16.0 Å². The fourth-order valence-corrected chi connectivity index (χ4v) is 1.12. The van der Waals surface area contributed by atoms with Crippen molar-refractivity contribution >= 4 is 12.0 Å². The van der Waals surface area contributed by atoms with Crippen LogP contribution in [0.2, 0.25) is 0 Å². The van der Waals surface area contributed by atoms with Gasteiger partial charge in [0.05, 0.1) is 19.6 Å². The molecule has 0 aromatic heterocycles. The van der Waals surface area contributed by atoms with E-state index < -0.39 is 0 Å². The number of nitriles is 1. The van der Waals surface area contributed by atoms with Gasteiger partial charge in [-0.1, -0.05) is 24.3 Å². The van der Waals surface area contributed by atoms with Crippen molar-refractivity contribution < 1.29 is 9.53 Å². The van der Waals surface area contributed by atoms with Gasteiger partial charge in [-0.25, -0.2) is 0 Å². The van der Waals surface area contributed by atoms with Gasteiger partial charge in [0.15, 0.2) is 0 Å². The predicted molar refractivity (Wildman–Crippen MR) is 56.8 cm³/mol. The third-order valence-electron chi connectivity index (χ3n) is 1.91. The van der Waals surface area contributed by atoms with Crippen LogP contribution in [-0.4, -0.2) is 13.1 Å². The SMILES string of the molecule is COC(=O)Cc1ccc(C=CC#N)cc1. The molecular weight excluding hydrogens is 190 g/mol. The van der Waals surface area contributed by atoms with E-state index in [2.05, 4.69) is 4.74 Å². The second-order valence-corrected chi connectivity index (χ2v) is 2.96. The largest absolute Gasteiger partial charge is 0.469 e. The third-order valence-corrected chi connectivity index (χ3v) is 1.91. The van der Waals surface area contributed by atoms with Crippen molar-refractivity contribution in [3.05, 3.63) is 41.5 Å². The summed E-state index contributed by atoms with van der Waals surface area (Å²) < 4.78 is 4.55. The molecule has 15 heavy (non-hydrogen) atoms. The monoisotopic (exact) mass is 201 g/mol. The highest BCUT2D eigenvalue weighted by atomic mass is 16.5. The molecule has 1 aromatic rings. The van der Waals surface area contributed by atoms with Gasteiger partial charge in [-0.3, -0.25) is 4.79 Å². The lowest BCUT2D eigenvalue weighted by Gasteiger charge is -2.00. The lowest BCUT2D eigenvalue weighted by atomic mass is 10.1. The number of hydrogen-bond acceptors (Lipinski definition) is 3. The average molecular weight is 201 g/mol. The summed E-state index contributed by atoms with van der Waals surface area (Å²) >= 11 is 0. The van der Waals surface area contributed by atoms with Crippen molar-refractivity contribution in [2.75, 3.05) is 7.11 Å². The van der Waals surface area contributed by atoms with Gasteiger partial charge in [0.25, 0.3) is 0 Å². The molecular formula is C12H11NO2. The first-order valence-corrected chi connectivity index (χ1v) is 4.48. The van der Waals surface area contributed by atoms with E-state index >= 15 is 0 Å². The Morgan fingerprint density at radius 3 is 2.67 bits per heavy atom. The minimum absolute atomic E-state index is 0.254. The molecule has 0 aliphatic carbocycles. The molecule has 0 bridgehead atoms. The Hall–Kier alpha value is -2.08. The molecule has 1 rings (SSSR count). The molecule has 0 aliphatic heterocycles. The van der Waals surface area contributed by atoms with Gasteiger partial charge in [-0.05, 0) is 17.2 Å². The standard InChI is InChI=1S/C12H11NO2/c1-15-12(14)9-11-6-4-10(5-7-11)3-2-8-13/h2-7H,9H2,1H3. The Morgan fingerprint density at radius 2 is 2.13 bits per heavy atom. The minimum Gasteiger partial charge on any atom is -0.469 e. The average Bonchev–Trinajstić information content (AvgIpc) is 2.28. The number of rotatable bonds is 3. The Kier molecular flexibility index (Phi) is 4.11. The first-order chi connectivity index (χ1) is 7.26. The second kappa shape index (κ2) is 5.61. The molecule has 3 nitrogen and oxygen atoms in total. The zero-order chi connectivity index (χ0) is 11.1. The number of methoxy groups -OCH3 is 1. The molecule has 0 fully saturated rings. The normalized spacial score (nSPS) is 9.87. The van der Waals surface area contributed by atoms with Crippen molar-refractivity contribution in [1.29, 1.82) is 5.26 Å². The number of esters is 1. The highest BCUT2D eigenvalue weighted by Gasteiger charge is 2.01. The summed E-state index contributed by atoms with van der Waals surface area (Å²) in [5.41, 5.74) is 1.83. The van der Waals surface area contributed by atoms with Gasteiger partial charge in [0.2, 0.25) is 0 Å². The number of allylic oxidation sites excluding steroid dienone is 1. The van der Waals surface area contributed by atoms with Crippen molar-refractivity contribution in [2.45, 2.75) is 6.42 Å². The summed E-state index contributed by atoms with van der Waals surface area (Å²) in [6.45, 7) is 0. The number of nitrogens with zero attached hydrogens (tertiary/aromatic N) is 1. The zero-order valence-corrected chi connectivity index (χ0v) is 8.43. The van der Waals surface area contributed by atoms with E-state index in [4.69, 9.17) is 5.26 Å². The Balaban J connectivity index is 2.69. The smallest absolute Gasteiger partial charge is 0.309 e. The van der Waals surface area contributed by atoms with Gasteiger partial charge in [0.1, 0.15) is 0 Å². The molecule has 1 aromatic carbocycles. The van der Waals surface area contributed by atoms with Crippen molar-refractivity contribution in [3.8, 4) is 6.07 Å². The summed E-state index contributed by atoms with van der Waals surface area (Å²) in [5, 5.41) is 8.34. The Bertz CT molecular complexity index is 399.